The summed E-state index contributed by atoms with van der Waals surface area (Å²) >= 11 is 0. The number of amides is 1. The number of rotatable bonds is 3. The first-order valence-corrected chi connectivity index (χ1v) is 7.04. The van der Waals surface area contributed by atoms with E-state index in [1.54, 1.807) is 11.9 Å². The Labute approximate surface area is 120 Å². The number of hydrogen-bond acceptors (Lipinski definition) is 3. The zero-order valence-electron chi connectivity index (χ0n) is 12.5. The summed E-state index contributed by atoms with van der Waals surface area (Å²) in [6, 6.07) is 5.80. The highest BCUT2D eigenvalue weighted by molar-refractivity contribution is 5.95. The maximum absolute atomic E-state index is 12.5. The SMILES string of the molecule is Cc1ccc(C(=O)N(C)CC2(O)CCOCC2)c(C)c1. The fourth-order valence-corrected chi connectivity index (χ4v) is 2.68. The predicted molar refractivity (Wildman–Crippen MR) is 77.9 cm³/mol. The molecular weight excluding hydrogens is 254 g/mol. The van der Waals surface area contributed by atoms with Crippen molar-refractivity contribution in [1.82, 2.24) is 4.90 Å². The summed E-state index contributed by atoms with van der Waals surface area (Å²) in [6.07, 6.45) is 1.16. The van der Waals surface area contributed by atoms with Crippen molar-refractivity contribution in [2.75, 3.05) is 26.8 Å². The molecule has 1 amide bonds. The third-order valence-electron chi connectivity index (χ3n) is 3.91. The van der Waals surface area contributed by atoms with Gasteiger partial charge in [0.1, 0.15) is 0 Å². The molecule has 20 heavy (non-hydrogen) atoms. The molecule has 1 fully saturated rings. The minimum absolute atomic E-state index is 0.0394. The molecule has 1 heterocycles. The third-order valence-corrected chi connectivity index (χ3v) is 3.91. The van der Waals surface area contributed by atoms with Crippen LogP contribution in [0.2, 0.25) is 0 Å². The van der Waals surface area contributed by atoms with Crippen molar-refractivity contribution in [1.29, 1.82) is 0 Å². The average molecular weight is 277 g/mol. The molecule has 110 valence electrons. The molecule has 2 rings (SSSR count). The van der Waals surface area contributed by atoms with Gasteiger partial charge in [-0.15, -0.1) is 0 Å². The normalized spacial score (nSPS) is 17.8. The first-order chi connectivity index (χ1) is 9.41. The molecule has 1 aliphatic rings. The van der Waals surface area contributed by atoms with E-state index in [9.17, 15) is 9.90 Å². The number of likely N-dealkylation sites (N-methyl/N-ethyl adjacent to an activating group) is 1. The monoisotopic (exact) mass is 277 g/mol. The van der Waals surface area contributed by atoms with Gasteiger partial charge in [0, 0.05) is 45.2 Å². The van der Waals surface area contributed by atoms with E-state index in [4.69, 9.17) is 4.74 Å². The maximum Gasteiger partial charge on any atom is 0.253 e. The van der Waals surface area contributed by atoms with Gasteiger partial charge in [0.15, 0.2) is 0 Å². The summed E-state index contributed by atoms with van der Waals surface area (Å²) in [5.74, 6) is -0.0394. The first-order valence-electron chi connectivity index (χ1n) is 7.04. The van der Waals surface area contributed by atoms with Crippen LogP contribution in [0.3, 0.4) is 0 Å². The fourth-order valence-electron chi connectivity index (χ4n) is 2.68. The van der Waals surface area contributed by atoms with Crippen molar-refractivity contribution in [2.45, 2.75) is 32.3 Å². The Morgan fingerprint density at radius 1 is 1.35 bits per heavy atom. The molecule has 1 N–H and O–H groups in total. The van der Waals surface area contributed by atoms with Gasteiger partial charge in [-0.3, -0.25) is 4.79 Å². The molecule has 0 unspecified atom stereocenters. The molecule has 4 nitrogen and oxygen atoms in total. The van der Waals surface area contributed by atoms with Crippen LogP contribution in [0, 0.1) is 13.8 Å². The van der Waals surface area contributed by atoms with Crippen molar-refractivity contribution in [2.24, 2.45) is 0 Å². The van der Waals surface area contributed by atoms with Crippen LogP contribution in [0.1, 0.15) is 34.3 Å². The van der Waals surface area contributed by atoms with Crippen LogP contribution in [0.5, 0.6) is 0 Å². The van der Waals surface area contributed by atoms with Gasteiger partial charge in [-0.1, -0.05) is 17.7 Å². The fraction of sp³-hybridized carbons (Fsp3) is 0.562. The summed E-state index contributed by atoms with van der Waals surface area (Å²) in [5, 5.41) is 10.5. The molecule has 0 atom stereocenters. The summed E-state index contributed by atoms with van der Waals surface area (Å²) in [6.45, 7) is 5.42. The molecule has 4 heteroatoms. The van der Waals surface area contributed by atoms with Gasteiger partial charge in [-0.05, 0) is 25.5 Å². The van der Waals surface area contributed by atoms with E-state index < -0.39 is 5.60 Å². The van der Waals surface area contributed by atoms with E-state index in [-0.39, 0.29) is 5.91 Å². The Hall–Kier alpha value is -1.39. The number of aryl methyl sites for hydroxylation is 2. The summed E-state index contributed by atoms with van der Waals surface area (Å²) < 4.78 is 5.26. The Morgan fingerprint density at radius 3 is 2.60 bits per heavy atom. The van der Waals surface area contributed by atoms with Crippen molar-refractivity contribution in [3.05, 3.63) is 34.9 Å². The van der Waals surface area contributed by atoms with Gasteiger partial charge in [0.25, 0.3) is 5.91 Å². The standard InChI is InChI=1S/C16H23NO3/c1-12-4-5-14(13(2)10-12)15(18)17(3)11-16(19)6-8-20-9-7-16/h4-5,10,19H,6-9,11H2,1-3H3. The van der Waals surface area contributed by atoms with Gasteiger partial charge >= 0.3 is 0 Å². The second-order valence-corrected chi connectivity index (χ2v) is 5.82. The van der Waals surface area contributed by atoms with Crippen LogP contribution < -0.4 is 0 Å². The van der Waals surface area contributed by atoms with E-state index in [0.29, 0.717) is 38.2 Å². The summed E-state index contributed by atoms with van der Waals surface area (Å²) in [4.78, 5) is 14.1. The molecule has 0 aromatic heterocycles. The lowest BCUT2D eigenvalue weighted by molar-refractivity contribution is -0.0734. The van der Waals surface area contributed by atoms with Crippen LogP contribution in [-0.2, 0) is 4.74 Å². The average Bonchev–Trinajstić information content (AvgIpc) is 2.38. The van der Waals surface area contributed by atoms with E-state index in [1.165, 1.54) is 0 Å². The minimum Gasteiger partial charge on any atom is -0.388 e. The first kappa shape index (κ1) is 15.0. The summed E-state index contributed by atoms with van der Waals surface area (Å²) in [5.41, 5.74) is 2.00. The molecule has 0 spiro atoms. The second kappa shape index (κ2) is 5.94. The van der Waals surface area contributed by atoms with Gasteiger partial charge in [0.05, 0.1) is 5.60 Å². The second-order valence-electron chi connectivity index (χ2n) is 5.82. The topological polar surface area (TPSA) is 49.8 Å². The number of carbonyl (C=O) groups is 1. The number of aliphatic hydroxyl groups is 1. The molecule has 0 saturated carbocycles. The number of hydrogen-bond donors (Lipinski definition) is 1. The lowest BCUT2D eigenvalue weighted by Crippen LogP contribution is -2.47. The Balaban J connectivity index is 2.08. The predicted octanol–water partition coefficient (Wildman–Crippen LogP) is 1.92. The Morgan fingerprint density at radius 2 is 2.00 bits per heavy atom. The molecule has 0 radical (unpaired) electrons. The van der Waals surface area contributed by atoms with E-state index in [0.717, 1.165) is 11.1 Å². The van der Waals surface area contributed by atoms with Crippen molar-refractivity contribution < 1.29 is 14.6 Å². The quantitative estimate of drug-likeness (QED) is 0.918. The van der Waals surface area contributed by atoms with Crippen LogP contribution in [0.4, 0.5) is 0 Å². The summed E-state index contributed by atoms with van der Waals surface area (Å²) in [7, 11) is 1.75. The Kier molecular flexibility index (Phi) is 4.45. The number of benzene rings is 1. The van der Waals surface area contributed by atoms with Crippen LogP contribution in [-0.4, -0.2) is 48.3 Å². The molecule has 0 aliphatic carbocycles. The van der Waals surface area contributed by atoms with Crippen molar-refractivity contribution in [3.8, 4) is 0 Å². The molecule has 1 aliphatic heterocycles. The maximum atomic E-state index is 12.5. The molecule has 1 aromatic rings. The zero-order valence-corrected chi connectivity index (χ0v) is 12.5. The van der Waals surface area contributed by atoms with Gasteiger partial charge in [-0.25, -0.2) is 0 Å². The number of carbonyl (C=O) groups excluding carboxylic acids is 1. The zero-order chi connectivity index (χ0) is 14.8. The smallest absolute Gasteiger partial charge is 0.253 e. The Bertz CT molecular complexity index is 492. The molecular formula is C16H23NO3. The highest BCUT2D eigenvalue weighted by Crippen LogP contribution is 2.22. The highest BCUT2D eigenvalue weighted by Gasteiger charge is 2.32. The van der Waals surface area contributed by atoms with E-state index in [1.807, 2.05) is 32.0 Å². The van der Waals surface area contributed by atoms with Crippen molar-refractivity contribution >= 4 is 5.91 Å². The minimum atomic E-state index is -0.818. The molecule has 1 saturated heterocycles. The number of ether oxygens (including phenoxy) is 1. The van der Waals surface area contributed by atoms with Crippen LogP contribution in [0.25, 0.3) is 0 Å². The molecule has 1 aromatic carbocycles. The van der Waals surface area contributed by atoms with E-state index >= 15 is 0 Å². The van der Waals surface area contributed by atoms with Crippen molar-refractivity contribution in [3.63, 3.8) is 0 Å². The van der Waals surface area contributed by atoms with Crippen LogP contribution >= 0.6 is 0 Å². The van der Waals surface area contributed by atoms with E-state index in [2.05, 4.69) is 0 Å². The number of nitrogens with zero attached hydrogens (tertiary/aromatic N) is 1. The lowest BCUT2D eigenvalue weighted by Gasteiger charge is -2.35. The van der Waals surface area contributed by atoms with Gasteiger partial charge < -0.3 is 14.7 Å². The molecule has 0 bridgehead atoms. The third kappa shape index (κ3) is 3.38. The highest BCUT2D eigenvalue weighted by atomic mass is 16.5. The van der Waals surface area contributed by atoms with Gasteiger partial charge in [-0.2, -0.15) is 0 Å². The van der Waals surface area contributed by atoms with Gasteiger partial charge in [0.2, 0.25) is 0 Å². The lowest BCUT2D eigenvalue weighted by atomic mass is 9.93. The van der Waals surface area contributed by atoms with Crippen LogP contribution in [0.15, 0.2) is 18.2 Å². The largest absolute Gasteiger partial charge is 0.388 e.